The molecule has 1 aliphatic carbocycles. The van der Waals surface area contributed by atoms with E-state index in [4.69, 9.17) is 5.73 Å². The minimum Gasteiger partial charge on any atom is -0.395 e. The second-order valence-electron chi connectivity index (χ2n) is 5.56. The van der Waals surface area contributed by atoms with Crippen molar-refractivity contribution in [2.45, 2.75) is 44.7 Å². The summed E-state index contributed by atoms with van der Waals surface area (Å²) in [6.07, 6.45) is 5.08. The quantitative estimate of drug-likeness (QED) is 0.826. The molecule has 3 heteroatoms. The van der Waals surface area contributed by atoms with E-state index in [1.165, 1.54) is 36.8 Å². The van der Waals surface area contributed by atoms with Gasteiger partial charge in [0, 0.05) is 25.2 Å². The first-order valence-electron chi connectivity index (χ1n) is 7.39. The van der Waals surface area contributed by atoms with Crippen LogP contribution >= 0.6 is 0 Å². The lowest BCUT2D eigenvalue weighted by Crippen LogP contribution is -2.41. The zero-order valence-corrected chi connectivity index (χ0v) is 11.9. The summed E-state index contributed by atoms with van der Waals surface area (Å²) < 4.78 is 0. The summed E-state index contributed by atoms with van der Waals surface area (Å²) in [4.78, 5) is 2.41. The van der Waals surface area contributed by atoms with Crippen molar-refractivity contribution in [3.63, 3.8) is 0 Å². The minimum absolute atomic E-state index is 0.207. The van der Waals surface area contributed by atoms with Crippen LogP contribution in [0.5, 0.6) is 0 Å². The zero-order chi connectivity index (χ0) is 13.7. The first-order valence-corrected chi connectivity index (χ1v) is 7.39. The van der Waals surface area contributed by atoms with E-state index in [1.54, 1.807) is 0 Å². The molecule has 106 valence electrons. The Bertz CT molecular complexity index is 371. The molecule has 3 N–H and O–H groups in total. The van der Waals surface area contributed by atoms with E-state index in [-0.39, 0.29) is 12.6 Å². The smallest absolute Gasteiger partial charge is 0.0558 e. The van der Waals surface area contributed by atoms with Crippen LogP contribution in [0.25, 0.3) is 0 Å². The number of hydrogen-bond acceptors (Lipinski definition) is 3. The number of nitrogens with two attached hydrogens (primary N) is 1. The molecular weight excluding hydrogens is 236 g/mol. The highest BCUT2D eigenvalue weighted by Gasteiger charge is 2.28. The number of rotatable bonds is 6. The molecule has 0 spiro atoms. The van der Waals surface area contributed by atoms with Crippen molar-refractivity contribution >= 4 is 0 Å². The van der Waals surface area contributed by atoms with Gasteiger partial charge in [0.05, 0.1) is 6.61 Å². The van der Waals surface area contributed by atoms with Crippen molar-refractivity contribution in [1.82, 2.24) is 4.90 Å². The molecule has 1 atom stereocenters. The van der Waals surface area contributed by atoms with Gasteiger partial charge in [0.1, 0.15) is 0 Å². The van der Waals surface area contributed by atoms with Crippen LogP contribution in [-0.4, -0.2) is 35.7 Å². The van der Waals surface area contributed by atoms with E-state index >= 15 is 0 Å². The van der Waals surface area contributed by atoms with E-state index in [0.29, 0.717) is 12.6 Å². The summed E-state index contributed by atoms with van der Waals surface area (Å²) >= 11 is 0. The number of hydrogen-bond donors (Lipinski definition) is 2. The molecule has 2 rings (SSSR count). The molecule has 19 heavy (non-hydrogen) atoms. The lowest BCUT2D eigenvalue weighted by Gasteiger charge is -2.35. The van der Waals surface area contributed by atoms with Gasteiger partial charge in [-0.2, -0.15) is 0 Å². The van der Waals surface area contributed by atoms with Gasteiger partial charge in [0.25, 0.3) is 0 Å². The Hall–Kier alpha value is -0.900. The molecule has 0 saturated heterocycles. The van der Waals surface area contributed by atoms with Crippen molar-refractivity contribution < 1.29 is 5.11 Å². The summed E-state index contributed by atoms with van der Waals surface area (Å²) in [5.41, 5.74) is 8.56. The maximum Gasteiger partial charge on any atom is 0.0558 e. The van der Waals surface area contributed by atoms with Gasteiger partial charge in [-0.25, -0.2) is 0 Å². The fourth-order valence-corrected chi connectivity index (χ4v) is 3.20. The second kappa shape index (κ2) is 7.04. The normalized spacial score (nSPS) is 18.1. The lowest BCUT2D eigenvalue weighted by molar-refractivity contribution is 0.107. The number of aliphatic hydroxyl groups excluding tert-OH is 1. The molecule has 0 heterocycles. The molecule has 0 bridgehead atoms. The summed E-state index contributed by atoms with van der Waals surface area (Å²) in [6, 6.07) is 9.45. The van der Waals surface area contributed by atoms with Crippen LogP contribution in [0.2, 0.25) is 0 Å². The maximum atomic E-state index is 9.35. The second-order valence-corrected chi connectivity index (χ2v) is 5.56. The molecule has 1 aromatic carbocycles. The third-order valence-corrected chi connectivity index (χ3v) is 4.24. The molecule has 3 nitrogen and oxygen atoms in total. The monoisotopic (exact) mass is 262 g/mol. The van der Waals surface area contributed by atoms with Crippen molar-refractivity contribution in [2.75, 3.05) is 19.7 Å². The van der Waals surface area contributed by atoms with Gasteiger partial charge in [-0.3, -0.25) is 4.90 Å². The van der Waals surface area contributed by atoms with Crippen LogP contribution in [0.1, 0.15) is 42.9 Å². The van der Waals surface area contributed by atoms with Gasteiger partial charge in [-0.1, -0.05) is 42.7 Å². The Morgan fingerprint density at radius 3 is 2.42 bits per heavy atom. The highest BCUT2D eigenvalue weighted by molar-refractivity contribution is 5.24. The molecule has 1 fully saturated rings. The van der Waals surface area contributed by atoms with E-state index in [9.17, 15) is 5.11 Å². The van der Waals surface area contributed by atoms with Crippen LogP contribution in [-0.2, 0) is 0 Å². The predicted molar refractivity (Wildman–Crippen MR) is 79.0 cm³/mol. The van der Waals surface area contributed by atoms with E-state index < -0.39 is 0 Å². The fourth-order valence-electron chi connectivity index (χ4n) is 3.20. The molecule has 1 aromatic rings. The predicted octanol–water partition coefficient (Wildman–Crippen LogP) is 2.23. The topological polar surface area (TPSA) is 49.5 Å². The van der Waals surface area contributed by atoms with Gasteiger partial charge in [-0.15, -0.1) is 0 Å². The number of aliphatic hydroxyl groups is 1. The minimum atomic E-state index is 0.207. The molecular formula is C16H26N2O. The summed E-state index contributed by atoms with van der Waals surface area (Å²) in [5.74, 6) is 0. The average Bonchev–Trinajstić information content (AvgIpc) is 2.94. The Balaban J connectivity index is 2.18. The summed E-state index contributed by atoms with van der Waals surface area (Å²) in [7, 11) is 0. The number of aryl methyl sites for hydroxylation is 1. The van der Waals surface area contributed by atoms with Crippen molar-refractivity contribution in [2.24, 2.45) is 5.73 Å². The zero-order valence-electron chi connectivity index (χ0n) is 11.9. The molecule has 0 radical (unpaired) electrons. The Morgan fingerprint density at radius 2 is 1.89 bits per heavy atom. The van der Waals surface area contributed by atoms with Gasteiger partial charge in [0.15, 0.2) is 0 Å². The van der Waals surface area contributed by atoms with E-state index in [2.05, 4.69) is 36.1 Å². The molecule has 1 saturated carbocycles. The van der Waals surface area contributed by atoms with Crippen LogP contribution < -0.4 is 5.73 Å². The van der Waals surface area contributed by atoms with Crippen molar-refractivity contribution in [1.29, 1.82) is 0 Å². The van der Waals surface area contributed by atoms with Crippen LogP contribution in [0.15, 0.2) is 24.3 Å². The standard InChI is InChI=1S/C16H26N2O/c1-13-6-8-14(9-7-13)16(12-17)18(10-11-19)15-4-2-3-5-15/h6-9,15-16,19H,2-5,10-12,17H2,1H3. The Labute approximate surface area is 116 Å². The molecule has 1 unspecified atom stereocenters. The van der Waals surface area contributed by atoms with E-state index in [0.717, 1.165) is 6.54 Å². The van der Waals surface area contributed by atoms with Crippen LogP contribution in [0.4, 0.5) is 0 Å². The highest BCUT2D eigenvalue weighted by atomic mass is 16.3. The van der Waals surface area contributed by atoms with Crippen molar-refractivity contribution in [3.05, 3.63) is 35.4 Å². The third kappa shape index (κ3) is 3.56. The molecule has 0 amide bonds. The summed E-state index contributed by atoms with van der Waals surface area (Å²) in [5, 5.41) is 9.35. The largest absolute Gasteiger partial charge is 0.395 e. The molecule has 1 aliphatic rings. The first kappa shape index (κ1) is 14.5. The van der Waals surface area contributed by atoms with Crippen LogP contribution in [0, 0.1) is 6.92 Å². The molecule has 0 aliphatic heterocycles. The van der Waals surface area contributed by atoms with Crippen LogP contribution in [0.3, 0.4) is 0 Å². The summed E-state index contributed by atoms with van der Waals surface area (Å²) in [6.45, 7) is 3.64. The lowest BCUT2D eigenvalue weighted by atomic mass is 10.0. The van der Waals surface area contributed by atoms with Gasteiger partial charge in [0.2, 0.25) is 0 Å². The first-order chi connectivity index (χ1) is 9.26. The third-order valence-electron chi connectivity index (χ3n) is 4.24. The highest BCUT2D eigenvalue weighted by Crippen LogP contribution is 2.30. The Kier molecular flexibility index (Phi) is 5.37. The maximum absolute atomic E-state index is 9.35. The molecule has 0 aromatic heterocycles. The number of nitrogens with zero attached hydrogens (tertiary/aromatic N) is 1. The Morgan fingerprint density at radius 1 is 1.26 bits per heavy atom. The average molecular weight is 262 g/mol. The SMILES string of the molecule is Cc1ccc(C(CN)N(CCO)C2CCCC2)cc1. The fraction of sp³-hybridized carbons (Fsp3) is 0.625. The van der Waals surface area contributed by atoms with Crippen molar-refractivity contribution in [3.8, 4) is 0 Å². The van der Waals surface area contributed by atoms with Gasteiger partial charge >= 0.3 is 0 Å². The van der Waals surface area contributed by atoms with E-state index in [1.807, 2.05) is 0 Å². The van der Waals surface area contributed by atoms with Gasteiger partial charge < -0.3 is 10.8 Å². The van der Waals surface area contributed by atoms with Gasteiger partial charge in [-0.05, 0) is 25.3 Å². The number of benzene rings is 1.